The number of pyridine rings is 2. The van der Waals surface area contributed by atoms with E-state index >= 15 is 0 Å². The van der Waals surface area contributed by atoms with Gasteiger partial charge in [0.25, 0.3) is 5.91 Å². The predicted molar refractivity (Wildman–Crippen MR) is 103 cm³/mol. The molecule has 128 valence electrons. The minimum absolute atomic E-state index is 0.271. The summed E-state index contributed by atoms with van der Waals surface area (Å²) in [6.45, 7) is 2.01. The van der Waals surface area contributed by atoms with E-state index in [9.17, 15) is 4.79 Å². The maximum atomic E-state index is 12.3. The van der Waals surface area contributed by atoms with Crippen molar-refractivity contribution in [3.8, 4) is 0 Å². The Kier molecular flexibility index (Phi) is 4.22. The first-order valence-corrected chi connectivity index (χ1v) is 8.53. The number of carbonyl (C=O) groups excluding carboxylic acids is 1. The van der Waals surface area contributed by atoms with Crippen molar-refractivity contribution in [2.75, 3.05) is 5.32 Å². The van der Waals surface area contributed by atoms with E-state index in [0.29, 0.717) is 22.8 Å². The summed E-state index contributed by atoms with van der Waals surface area (Å²) in [5.41, 5.74) is 4.82. The molecule has 0 saturated heterocycles. The molecule has 0 unspecified atom stereocenters. The monoisotopic (exact) mass is 362 g/mol. The fourth-order valence-electron chi connectivity index (χ4n) is 2.87. The lowest BCUT2D eigenvalue weighted by molar-refractivity contribution is 0.102. The zero-order valence-electron chi connectivity index (χ0n) is 14.0. The highest BCUT2D eigenvalue weighted by Crippen LogP contribution is 2.31. The van der Waals surface area contributed by atoms with E-state index in [-0.39, 0.29) is 5.91 Å². The van der Waals surface area contributed by atoms with Gasteiger partial charge in [-0.1, -0.05) is 23.7 Å². The number of fused-ring (bicyclic) bond motifs is 1. The quantitative estimate of drug-likeness (QED) is 0.752. The van der Waals surface area contributed by atoms with Crippen LogP contribution in [0.25, 0.3) is 0 Å². The van der Waals surface area contributed by atoms with Crippen LogP contribution >= 0.6 is 11.6 Å². The first-order valence-electron chi connectivity index (χ1n) is 8.15. The molecule has 4 rings (SSSR count). The molecule has 1 amide bonds. The number of aromatic nitrogens is 2. The molecular formula is C20H15ClN4O. The molecule has 1 aliphatic heterocycles. The number of rotatable bonds is 3. The molecule has 2 aromatic heterocycles. The van der Waals surface area contributed by atoms with E-state index in [1.807, 2.05) is 13.0 Å². The third kappa shape index (κ3) is 3.21. The lowest BCUT2D eigenvalue weighted by Gasteiger charge is -2.09. The molecule has 5 nitrogen and oxygen atoms in total. The smallest absolute Gasteiger partial charge is 0.274 e. The molecule has 0 bridgehead atoms. The predicted octanol–water partition coefficient (Wildman–Crippen LogP) is 4.37. The van der Waals surface area contributed by atoms with Crippen molar-refractivity contribution in [3.05, 3.63) is 82.3 Å². The van der Waals surface area contributed by atoms with Gasteiger partial charge in [-0.25, -0.2) is 9.98 Å². The number of nitrogens with one attached hydrogen (secondary N) is 1. The Morgan fingerprint density at radius 3 is 2.85 bits per heavy atom. The van der Waals surface area contributed by atoms with Crippen molar-refractivity contribution in [1.29, 1.82) is 0 Å². The Morgan fingerprint density at radius 1 is 1.15 bits per heavy atom. The highest BCUT2D eigenvalue weighted by molar-refractivity contribution is 6.34. The van der Waals surface area contributed by atoms with Crippen molar-refractivity contribution < 1.29 is 4.79 Å². The van der Waals surface area contributed by atoms with Crippen molar-refractivity contribution in [3.63, 3.8) is 0 Å². The van der Waals surface area contributed by atoms with Crippen LogP contribution in [-0.4, -0.2) is 21.6 Å². The van der Waals surface area contributed by atoms with Gasteiger partial charge in [0.1, 0.15) is 5.69 Å². The fourth-order valence-corrected chi connectivity index (χ4v) is 3.10. The van der Waals surface area contributed by atoms with Gasteiger partial charge in [0.2, 0.25) is 0 Å². The fraction of sp³-hybridized carbons (Fsp3) is 0.100. The van der Waals surface area contributed by atoms with Crippen LogP contribution in [0.2, 0.25) is 5.02 Å². The Labute approximate surface area is 155 Å². The van der Waals surface area contributed by atoms with Gasteiger partial charge in [-0.2, -0.15) is 0 Å². The second kappa shape index (κ2) is 6.69. The lowest BCUT2D eigenvalue weighted by atomic mass is 10.0. The first kappa shape index (κ1) is 16.4. The van der Waals surface area contributed by atoms with Gasteiger partial charge in [-0.15, -0.1) is 0 Å². The number of aryl methyl sites for hydroxylation is 1. The maximum Gasteiger partial charge on any atom is 0.274 e. The number of benzene rings is 1. The van der Waals surface area contributed by atoms with Crippen molar-refractivity contribution in [1.82, 2.24) is 9.97 Å². The zero-order chi connectivity index (χ0) is 18.1. The maximum absolute atomic E-state index is 12.3. The van der Waals surface area contributed by atoms with Gasteiger partial charge in [0, 0.05) is 40.7 Å². The molecular weight excluding hydrogens is 348 g/mol. The molecule has 0 spiro atoms. The van der Waals surface area contributed by atoms with Crippen molar-refractivity contribution >= 4 is 34.7 Å². The molecule has 0 saturated carbocycles. The number of hydrogen-bond donors (Lipinski definition) is 1. The zero-order valence-corrected chi connectivity index (χ0v) is 14.8. The van der Waals surface area contributed by atoms with Gasteiger partial charge in [0.05, 0.1) is 5.71 Å². The van der Waals surface area contributed by atoms with E-state index in [4.69, 9.17) is 11.6 Å². The van der Waals surface area contributed by atoms with Gasteiger partial charge in [-0.3, -0.25) is 9.78 Å². The van der Waals surface area contributed by atoms with Crippen molar-refractivity contribution in [2.45, 2.75) is 13.3 Å². The van der Waals surface area contributed by atoms with E-state index in [2.05, 4.69) is 26.3 Å². The summed E-state index contributed by atoms with van der Waals surface area (Å²) in [7, 11) is 0. The number of anilines is 1. The van der Waals surface area contributed by atoms with Crippen LogP contribution in [0.15, 0.2) is 59.9 Å². The van der Waals surface area contributed by atoms with Crippen LogP contribution < -0.4 is 5.32 Å². The highest BCUT2D eigenvalue weighted by Gasteiger charge is 2.20. The molecule has 0 radical (unpaired) electrons. The van der Waals surface area contributed by atoms with E-state index in [1.54, 1.807) is 42.7 Å². The van der Waals surface area contributed by atoms with Gasteiger partial charge in [-0.05, 0) is 42.8 Å². The molecule has 0 atom stereocenters. The van der Waals surface area contributed by atoms with Crippen LogP contribution in [0.1, 0.15) is 27.2 Å². The van der Waals surface area contributed by atoms with Crippen LogP contribution in [0, 0.1) is 6.92 Å². The summed E-state index contributed by atoms with van der Waals surface area (Å²) >= 11 is 6.38. The van der Waals surface area contributed by atoms with Gasteiger partial charge in [0.15, 0.2) is 5.82 Å². The highest BCUT2D eigenvalue weighted by atomic mass is 35.5. The normalized spacial score (nSPS) is 12.5. The number of aliphatic imine (C=N–C) groups is 1. The molecule has 3 aromatic rings. The summed E-state index contributed by atoms with van der Waals surface area (Å²) in [6.07, 6.45) is 4.05. The number of halogens is 1. The van der Waals surface area contributed by atoms with Gasteiger partial charge >= 0.3 is 0 Å². The Morgan fingerprint density at radius 2 is 2.04 bits per heavy atom. The van der Waals surface area contributed by atoms with E-state index in [0.717, 1.165) is 28.2 Å². The third-order valence-electron chi connectivity index (χ3n) is 4.11. The number of amides is 1. The summed E-state index contributed by atoms with van der Waals surface area (Å²) in [4.78, 5) is 25.3. The van der Waals surface area contributed by atoms with Crippen LogP contribution in [-0.2, 0) is 6.42 Å². The molecule has 0 aliphatic carbocycles. The molecule has 1 aliphatic rings. The molecule has 6 heteroatoms. The second-order valence-corrected chi connectivity index (χ2v) is 6.50. The molecule has 1 aromatic carbocycles. The number of nitrogens with zero attached hydrogens (tertiary/aromatic N) is 3. The summed E-state index contributed by atoms with van der Waals surface area (Å²) in [5.74, 6) is 0.456. The number of hydrogen-bond acceptors (Lipinski definition) is 4. The summed E-state index contributed by atoms with van der Waals surface area (Å²) < 4.78 is 0. The molecule has 3 heterocycles. The van der Waals surface area contributed by atoms with Crippen LogP contribution in [0.3, 0.4) is 0 Å². The first-order chi connectivity index (χ1) is 12.6. The lowest BCUT2D eigenvalue weighted by Crippen LogP contribution is -2.14. The average Bonchev–Trinajstić information content (AvgIpc) is 3.07. The second-order valence-electron chi connectivity index (χ2n) is 6.09. The van der Waals surface area contributed by atoms with Crippen LogP contribution in [0.5, 0.6) is 0 Å². The molecule has 0 fully saturated rings. The Hall–Kier alpha value is -3.05. The SMILES string of the molecule is Cc1cnc2c(c1)CC(c1cc(NC(=O)c3ccccn3)ccc1Cl)=N2. The van der Waals surface area contributed by atoms with Crippen LogP contribution in [0.4, 0.5) is 11.5 Å². The number of carbonyl (C=O) groups is 1. The topological polar surface area (TPSA) is 67.2 Å². The molecule has 1 N–H and O–H groups in total. The Balaban J connectivity index is 1.61. The molecule has 26 heavy (non-hydrogen) atoms. The standard InChI is InChI=1S/C20H15ClN4O/c1-12-8-13-9-18(25-19(13)23-11-12)15-10-14(5-6-16(15)21)24-20(26)17-4-2-3-7-22-17/h2-8,10-11H,9H2,1H3,(H,24,26). The average molecular weight is 363 g/mol. The minimum atomic E-state index is -0.271. The van der Waals surface area contributed by atoms with Gasteiger partial charge < -0.3 is 5.32 Å². The largest absolute Gasteiger partial charge is 0.321 e. The van der Waals surface area contributed by atoms with Crippen molar-refractivity contribution in [2.24, 2.45) is 4.99 Å². The third-order valence-corrected chi connectivity index (χ3v) is 4.44. The minimum Gasteiger partial charge on any atom is -0.321 e. The summed E-state index contributed by atoms with van der Waals surface area (Å²) in [5, 5.41) is 3.44. The Bertz CT molecular complexity index is 1030. The summed E-state index contributed by atoms with van der Waals surface area (Å²) in [6, 6.07) is 12.6. The van der Waals surface area contributed by atoms with E-state index in [1.165, 1.54) is 0 Å². The van der Waals surface area contributed by atoms with E-state index < -0.39 is 0 Å².